The number of carbonyl (C=O) groups is 1. The Balaban J connectivity index is 3.49. The minimum Gasteiger partial charge on any atom is -0.493 e. The van der Waals surface area contributed by atoms with E-state index >= 15 is 0 Å². The summed E-state index contributed by atoms with van der Waals surface area (Å²) >= 11 is 6.68. The maximum absolute atomic E-state index is 11.3. The van der Waals surface area contributed by atoms with E-state index in [4.69, 9.17) is 9.47 Å². The highest BCUT2D eigenvalue weighted by Gasteiger charge is 2.18. The number of carbonyl (C=O) groups excluding carboxylic acids is 1. The first-order valence-electron chi connectivity index (χ1n) is 4.13. The van der Waals surface area contributed by atoms with Crippen molar-refractivity contribution < 1.29 is 14.3 Å². The number of ether oxygens (including phenoxy) is 2. The van der Waals surface area contributed by atoms with E-state index in [1.807, 2.05) is 0 Å². The lowest BCUT2D eigenvalue weighted by Gasteiger charge is -2.13. The van der Waals surface area contributed by atoms with E-state index in [-0.39, 0.29) is 5.78 Å². The van der Waals surface area contributed by atoms with E-state index in [1.54, 1.807) is 13.2 Å². The third-order valence-corrected chi connectivity index (χ3v) is 4.04. The molecule has 0 bridgehead atoms. The Labute approximate surface area is 105 Å². The Bertz CT molecular complexity index is 402. The Morgan fingerprint density at radius 1 is 1.20 bits per heavy atom. The predicted molar refractivity (Wildman–Crippen MR) is 65.0 cm³/mol. The van der Waals surface area contributed by atoms with Gasteiger partial charge in [0.05, 0.1) is 18.7 Å². The minimum atomic E-state index is -0.0384. The first-order valence-corrected chi connectivity index (χ1v) is 5.72. The van der Waals surface area contributed by atoms with E-state index in [1.165, 1.54) is 14.0 Å². The molecule has 1 aromatic carbocycles. The Morgan fingerprint density at radius 3 is 2.20 bits per heavy atom. The standard InChI is InChI=1S/C10H10Br2O3/c1-5(13)6-4-7(14-2)10(15-3)9(12)8(6)11/h4H,1-3H3. The number of rotatable bonds is 3. The normalized spacial score (nSPS) is 9.93. The van der Waals surface area contributed by atoms with Crippen LogP contribution in [0.5, 0.6) is 11.5 Å². The third-order valence-electron chi connectivity index (χ3n) is 1.93. The fourth-order valence-electron chi connectivity index (χ4n) is 1.18. The fourth-order valence-corrected chi connectivity index (χ4v) is 2.33. The van der Waals surface area contributed by atoms with Gasteiger partial charge in [0, 0.05) is 10.0 Å². The van der Waals surface area contributed by atoms with Gasteiger partial charge in [0.1, 0.15) is 0 Å². The van der Waals surface area contributed by atoms with Crippen molar-refractivity contribution >= 4 is 37.6 Å². The van der Waals surface area contributed by atoms with Crippen LogP contribution in [0.15, 0.2) is 15.0 Å². The first-order chi connectivity index (χ1) is 7.02. The van der Waals surface area contributed by atoms with Crippen LogP contribution < -0.4 is 9.47 Å². The number of hydrogen-bond donors (Lipinski definition) is 0. The second kappa shape index (κ2) is 4.99. The van der Waals surface area contributed by atoms with E-state index in [0.29, 0.717) is 26.0 Å². The van der Waals surface area contributed by atoms with Gasteiger partial charge in [-0.3, -0.25) is 4.79 Å². The van der Waals surface area contributed by atoms with E-state index in [2.05, 4.69) is 31.9 Å². The molecule has 0 aliphatic rings. The van der Waals surface area contributed by atoms with Crippen LogP contribution in [0, 0.1) is 0 Å². The smallest absolute Gasteiger partial charge is 0.176 e. The molecule has 1 aromatic rings. The highest BCUT2D eigenvalue weighted by Crippen LogP contribution is 2.42. The molecule has 0 spiro atoms. The largest absolute Gasteiger partial charge is 0.493 e. The van der Waals surface area contributed by atoms with Gasteiger partial charge in [0.15, 0.2) is 17.3 Å². The van der Waals surface area contributed by atoms with Gasteiger partial charge in [-0.2, -0.15) is 0 Å². The molecule has 5 heteroatoms. The average Bonchev–Trinajstić information content (AvgIpc) is 2.21. The van der Waals surface area contributed by atoms with Crippen LogP contribution in [0.1, 0.15) is 17.3 Å². The van der Waals surface area contributed by atoms with Crippen LogP contribution in [0.3, 0.4) is 0 Å². The number of methoxy groups -OCH3 is 2. The zero-order valence-electron chi connectivity index (χ0n) is 8.56. The van der Waals surface area contributed by atoms with Gasteiger partial charge in [0.25, 0.3) is 0 Å². The molecule has 1 rings (SSSR count). The van der Waals surface area contributed by atoms with Crippen molar-refractivity contribution in [2.24, 2.45) is 0 Å². The number of Topliss-reactive ketones (excluding diaryl/α,β-unsaturated/α-hetero) is 1. The molecule has 0 fully saturated rings. The van der Waals surface area contributed by atoms with Crippen molar-refractivity contribution in [2.75, 3.05) is 14.2 Å². The summed E-state index contributed by atoms with van der Waals surface area (Å²) in [5.41, 5.74) is 0.555. The third kappa shape index (κ3) is 2.34. The maximum Gasteiger partial charge on any atom is 0.176 e. The zero-order valence-corrected chi connectivity index (χ0v) is 11.7. The first kappa shape index (κ1) is 12.5. The van der Waals surface area contributed by atoms with E-state index in [9.17, 15) is 4.79 Å². The monoisotopic (exact) mass is 336 g/mol. The van der Waals surface area contributed by atoms with Gasteiger partial charge in [-0.1, -0.05) is 0 Å². The zero-order chi connectivity index (χ0) is 11.6. The summed E-state index contributed by atoms with van der Waals surface area (Å²) in [4.78, 5) is 11.3. The molecule has 15 heavy (non-hydrogen) atoms. The molecule has 0 aliphatic heterocycles. The minimum absolute atomic E-state index is 0.0384. The molecule has 0 heterocycles. The van der Waals surface area contributed by atoms with Crippen LogP contribution in [0.25, 0.3) is 0 Å². The second-order valence-corrected chi connectivity index (χ2v) is 4.43. The van der Waals surface area contributed by atoms with Crippen molar-refractivity contribution in [3.63, 3.8) is 0 Å². The highest BCUT2D eigenvalue weighted by atomic mass is 79.9. The topological polar surface area (TPSA) is 35.5 Å². The summed E-state index contributed by atoms with van der Waals surface area (Å²) in [6.45, 7) is 1.50. The molecule has 0 N–H and O–H groups in total. The van der Waals surface area contributed by atoms with Crippen LogP contribution >= 0.6 is 31.9 Å². The molecule has 0 saturated heterocycles. The lowest BCUT2D eigenvalue weighted by molar-refractivity contribution is 0.101. The molecule has 0 radical (unpaired) electrons. The molecule has 0 amide bonds. The van der Waals surface area contributed by atoms with Crippen molar-refractivity contribution in [3.8, 4) is 11.5 Å². The predicted octanol–water partition coefficient (Wildman–Crippen LogP) is 3.43. The Kier molecular flexibility index (Phi) is 4.16. The van der Waals surface area contributed by atoms with Crippen LogP contribution in [-0.2, 0) is 0 Å². The van der Waals surface area contributed by atoms with E-state index in [0.717, 1.165) is 0 Å². The van der Waals surface area contributed by atoms with Crippen LogP contribution in [0.2, 0.25) is 0 Å². The number of halogens is 2. The number of benzene rings is 1. The van der Waals surface area contributed by atoms with Crippen molar-refractivity contribution in [2.45, 2.75) is 6.92 Å². The quantitative estimate of drug-likeness (QED) is 0.793. The lowest BCUT2D eigenvalue weighted by Crippen LogP contribution is -1.99. The molecule has 0 unspecified atom stereocenters. The summed E-state index contributed by atoms with van der Waals surface area (Å²) in [6.07, 6.45) is 0. The molecule has 0 aliphatic carbocycles. The van der Waals surface area contributed by atoms with Gasteiger partial charge in [-0.25, -0.2) is 0 Å². The molecule has 0 saturated carbocycles. The maximum atomic E-state index is 11.3. The van der Waals surface area contributed by atoms with E-state index < -0.39 is 0 Å². The summed E-state index contributed by atoms with van der Waals surface area (Å²) < 4.78 is 11.7. The van der Waals surface area contributed by atoms with Crippen LogP contribution in [-0.4, -0.2) is 20.0 Å². The summed E-state index contributed by atoms with van der Waals surface area (Å²) in [7, 11) is 3.07. The fraction of sp³-hybridized carbons (Fsp3) is 0.300. The SMILES string of the molecule is COc1cc(C(C)=O)c(Br)c(Br)c1OC. The molecule has 0 atom stereocenters. The van der Waals surface area contributed by atoms with Crippen molar-refractivity contribution in [1.29, 1.82) is 0 Å². The summed E-state index contributed by atoms with van der Waals surface area (Å²) in [5, 5.41) is 0. The van der Waals surface area contributed by atoms with Gasteiger partial charge in [0.2, 0.25) is 0 Å². The number of hydrogen-bond acceptors (Lipinski definition) is 3. The van der Waals surface area contributed by atoms with Crippen molar-refractivity contribution in [1.82, 2.24) is 0 Å². The highest BCUT2D eigenvalue weighted by molar-refractivity contribution is 9.13. The van der Waals surface area contributed by atoms with Gasteiger partial charge >= 0.3 is 0 Å². The molecule has 0 aromatic heterocycles. The Morgan fingerprint density at radius 2 is 1.80 bits per heavy atom. The average molecular weight is 338 g/mol. The molecular formula is C10H10Br2O3. The summed E-state index contributed by atoms with van der Waals surface area (Å²) in [6, 6.07) is 1.65. The van der Waals surface area contributed by atoms with Crippen molar-refractivity contribution in [3.05, 3.63) is 20.6 Å². The molecular weight excluding hydrogens is 328 g/mol. The van der Waals surface area contributed by atoms with Gasteiger partial charge < -0.3 is 9.47 Å². The number of ketones is 1. The molecule has 82 valence electrons. The lowest BCUT2D eigenvalue weighted by atomic mass is 10.1. The summed E-state index contributed by atoms with van der Waals surface area (Å²) in [5.74, 6) is 1.05. The Hall–Kier alpha value is -0.550. The van der Waals surface area contributed by atoms with Crippen LogP contribution in [0.4, 0.5) is 0 Å². The second-order valence-electron chi connectivity index (χ2n) is 2.84. The molecule has 3 nitrogen and oxygen atoms in total. The van der Waals surface area contributed by atoms with Gasteiger partial charge in [-0.05, 0) is 44.8 Å². The van der Waals surface area contributed by atoms with Gasteiger partial charge in [-0.15, -0.1) is 0 Å².